The van der Waals surface area contributed by atoms with Gasteiger partial charge < -0.3 is 10.2 Å². The number of aromatic nitrogens is 4. The van der Waals surface area contributed by atoms with Crippen LogP contribution in [0.15, 0.2) is 67.6 Å². The van der Waals surface area contributed by atoms with Crippen molar-refractivity contribution in [2.45, 2.75) is 18.9 Å². The van der Waals surface area contributed by atoms with Crippen LogP contribution in [-0.2, 0) is 4.79 Å². The zero-order valence-corrected chi connectivity index (χ0v) is 20.0. The minimum absolute atomic E-state index is 0.0582. The molecule has 1 N–H and O–H groups in total. The molecule has 0 saturated carbocycles. The van der Waals surface area contributed by atoms with Gasteiger partial charge in [-0.1, -0.05) is 30.3 Å². The van der Waals surface area contributed by atoms with Crippen molar-refractivity contribution in [3.8, 4) is 11.3 Å². The topological polar surface area (TPSA) is 93.0 Å². The Kier molecular flexibility index (Phi) is 6.47. The molecule has 1 atom stereocenters. The van der Waals surface area contributed by atoms with E-state index in [4.69, 9.17) is 16.7 Å². The second-order valence-corrected chi connectivity index (χ2v) is 8.87. The lowest BCUT2D eigenvalue weighted by Gasteiger charge is -2.32. The molecule has 0 spiro atoms. The van der Waals surface area contributed by atoms with E-state index in [1.807, 2.05) is 4.68 Å². The average molecular weight is 505 g/mol. The number of hydrogen-bond donors (Lipinski definition) is 1. The molecule has 1 fully saturated rings. The minimum atomic E-state index is -0.611. The molecule has 1 aliphatic rings. The predicted molar refractivity (Wildman–Crippen MR) is 135 cm³/mol. The van der Waals surface area contributed by atoms with Gasteiger partial charge in [0, 0.05) is 48.2 Å². The molecule has 1 aromatic carbocycles. The fourth-order valence-corrected chi connectivity index (χ4v) is 4.69. The molecule has 36 heavy (non-hydrogen) atoms. The van der Waals surface area contributed by atoms with Gasteiger partial charge in [0.05, 0.1) is 16.6 Å². The fourth-order valence-electron chi connectivity index (χ4n) is 4.44. The Labute approximate surface area is 211 Å². The lowest BCUT2D eigenvalue weighted by atomic mass is 10.1. The summed E-state index contributed by atoms with van der Waals surface area (Å²) in [5, 5.41) is 8.59. The van der Waals surface area contributed by atoms with Crippen molar-refractivity contribution in [1.82, 2.24) is 24.6 Å². The molecule has 1 unspecified atom stereocenters. The van der Waals surface area contributed by atoms with Gasteiger partial charge >= 0.3 is 0 Å². The monoisotopic (exact) mass is 504 g/mol. The van der Waals surface area contributed by atoms with E-state index < -0.39 is 11.7 Å². The van der Waals surface area contributed by atoms with Gasteiger partial charge in [-0.05, 0) is 43.2 Å². The zero-order valence-electron chi connectivity index (χ0n) is 19.2. The average Bonchev–Trinajstić information content (AvgIpc) is 3.31. The van der Waals surface area contributed by atoms with Crippen LogP contribution in [0.1, 0.15) is 29.2 Å². The van der Waals surface area contributed by atoms with Crippen LogP contribution in [0.5, 0.6) is 0 Å². The third-order valence-corrected chi connectivity index (χ3v) is 6.48. The number of piperidine rings is 1. The summed E-state index contributed by atoms with van der Waals surface area (Å²) in [6, 6.07) is 9.43. The van der Waals surface area contributed by atoms with Crippen molar-refractivity contribution in [2.24, 2.45) is 0 Å². The Balaban J connectivity index is 1.47. The van der Waals surface area contributed by atoms with Crippen molar-refractivity contribution in [2.75, 3.05) is 18.4 Å². The summed E-state index contributed by atoms with van der Waals surface area (Å²) in [7, 11) is 0. The van der Waals surface area contributed by atoms with Crippen molar-refractivity contribution < 1.29 is 14.0 Å². The van der Waals surface area contributed by atoms with Crippen LogP contribution in [0, 0.1) is 5.82 Å². The fraction of sp³-hybridized carbons (Fsp3) is 0.192. The summed E-state index contributed by atoms with van der Waals surface area (Å²) < 4.78 is 15.7. The van der Waals surface area contributed by atoms with Crippen LogP contribution in [0.4, 0.5) is 10.2 Å². The van der Waals surface area contributed by atoms with Gasteiger partial charge in [-0.3, -0.25) is 19.3 Å². The number of carbonyl (C=O) groups is 2. The largest absolute Gasteiger partial charge is 0.337 e. The van der Waals surface area contributed by atoms with E-state index in [1.54, 1.807) is 41.6 Å². The molecular weight excluding hydrogens is 483 g/mol. The van der Waals surface area contributed by atoms with Gasteiger partial charge in [0.15, 0.2) is 11.6 Å². The van der Waals surface area contributed by atoms with E-state index in [-0.39, 0.29) is 17.8 Å². The quantitative estimate of drug-likeness (QED) is 0.391. The molecule has 1 saturated heterocycles. The summed E-state index contributed by atoms with van der Waals surface area (Å²) in [4.78, 5) is 34.7. The van der Waals surface area contributed by atoms with E-state index in [2.05, 4.69) is 21.9 Å². The first-order valence-corrected chi connectivity index (χ1v) is 11.8. The number of benzene rings is 1. The van der Waals surface area contributed by atoms with Crippen molar-refractivity contribution in [3.05, 3.63) is 84.0 Å². The van der Waals surface area contributed by atoms with Gasteiger partial charge in [-0.25, -0.2) is 9.37 Å². The Morgan fingerprint density at radius 3 is 2.75 bits per heavy atom. The Morgan fingerprint density at radius 2 is 2.00 bits per heavy atom. The summed E-state index contributed by atoms with van der Waals surface area (Å²) in [6.45, 7) is 4.77. The zero-order chi connectivity index (χ0) is 25.2. The van der Waals surface area contributed by atoms with Crippen LogP contribution in [0.3, 0.4) is 0 Å². The van der Waals surface area contributed by atoms with Gasteiger partial charge in [-0.2, -0.15) is 5.10 Å². The first kappa shape index (κ1) is 23.6. The van der Waals surface area contributed by atoms with Crippen molar-refractivity contribution in [3.63, 3.8) is 0 Å². The van der Waals surface area contributed by atoms with Gasteiger partial charge in [0.1, 0.15) is 5.69 Å². The number of carbonyl (C=O) groups excluding carboxylic acids is 2. The molecule has 5 rings (SSSR count). The maximum absolute atomic E-state index is 13.8. The van der Waals surface area contributed by atoms with E-state index in [0.717, 1.165) is 29.3 Å². The summed E-state index contributed by atoms with van der Waals surface area (Å²) >= 11 is 6.56. The van der Waals surface area contributed by atoms with Gasteiger partial charge in [0.25, 0.3) is 5.91 Å². The molecule has 0 radical (unpaired) electrons. The summed E-state index contributed by atoms with van der Waals surface area (Å²) in [5.41, 5.74) is 2.51. The number of halogens is 2. The number of anilines is 1. The highest BCUT2D eigenvalue weighted by Gasteiger charge is 2.27. The first-order chi connectivity index (χ1) is 17.5. The molecule has 10 heteroatoms. The maximum Gasteiger partial charge on any atom is 0.256 e. The third-order valence-electron chi connectivity index (χ3n) is 6.20. The van der Waals surface area contributed by atoms with Crippen LogP contribution >= 0.6 is 11.6 Å². The number of nitrogens with one attached hydrogen (secondary N) is 1. The van der Waals surface area contributed by atoms with Crippen LogP contribution in [0.25, 0.3) is 22.2 Å². The highest BCUT2D eigenvalue weighted by Crippen LogP contribution is 2.35. The molecular formula is C26H22ClFN6O2. The lowest BCUT2D eigenvalue weighted by molar-refractivity contribution is -0.127. The van der Waals surface area contributed by atoms with E-state index in [9.17, 15) is 14.0 Å². The Hall–Kier alpha value is -4.11. The standard InChI is InChI=1S/C26H22ClFN6O2/c1-2-22(35)33-12-4-5-18(15-33)34-24-19(13-29-14-20(24)27)23(32-34)16-7-9-17(10-8-16)26(36)31-25-21(28)6-3-11-30-25/h2-3,6-11,13-14,18H,1,4-5,12,15H2,(H,30,31,36). The molecule has 0 aliphatic carbocycles. The van der Waals surface area contributed by atoms with Gasteiger partial charge in [0.2, 0.25) is 5.91 Å². The molecule has 8 nitrogen and oxygen atoms in total. The number of fused-ring (bicyclic) bond motifs is 1. The highest BCUT2D eigenvalue weighted by atomic mass is 35.5. The molecule has 182 valence electrons. The van der Waals surface area contributed by atoms with Crippen LogP contribution in [-0.4, -0.2) is 49.6 Å². The van der Waals surface area contributed by atoms with Crippen molar-refractivity contribution >= 4 is 40.1 Å². The van der Waals surface area contributed by atoms with Crippen LogP contribution < -0.4 is 5.32 Å². The number of nitrogens with zero attached hydrogens (tertiary/aromatic N) is 5. The van der Waals surface area contributed by atoms with Gasteiger partial charge in [-0.15, -0.1) is 0 Å². The Morgan fingerprint density at radius 1 is 1.19 bits per heavy atom. The smallest absolute Gasteiger partial charge is 0.256 e. The molecule has 4 aromatic rings. The second kappa shape index (κ2) is 9.87. The maximum atomic E-state index is 13.8. The normalized spacial score (nSPS) is 15.6. The number of hydrogen-bond acceptors (Lipinski definition) is 5. The summed E-state index contributed by atoms with van der Waals surface area (Å²) in [6.07, 6.45) is 7.70. The number of amides is 2. The van der Waals surface area contributed by atoms with E-state index >= 15 is 0 Å². The number of rotatable bonds is 5. The molecule has 1 aliphatic heterocycles. The van der Waals surface area contributed by atoms with Crippen LogP contribution in [0.2, 0.25) is 5.02 Å². The molecule has 0 bridgehead atoms. The lowest BCUT2D eigenvalue weighted by Crippen LogP contribution is -2.40. The third kappa shape index (κ3) is 4.45. The minimum Gasteiger partial charge on any atom is -0.337 e. The number of pyridine rings is 2. The first-order valence-electron chi connectivity index (χ1n) is 11.4. The highest BCUT2D eigenvalue weighted by molar-refractivity contribution is 6.35. The number of likely N-dealkylation sites (tertiary alicyclic amines) is 1. The summed E-state index contributed by atoms with van der Waals surface area (Å²) in [5.74, 6) is -1.33. The van der Waals surface area contributed by atoms with Crippen molar-refractivity contribution in [1.29, 1.82) is 0 Å². The molecule has 2 amide bonds. The van der Waals surface area contributed by atoms with E-state index in [1.165, 1.54) is 24.4 Å². The second-order valence-electron chi connectivity index (χ2n) is 8.46. The molecule has 4 heterocycles. The SMILES string of the molecule is C=CC(=O)N1CCCC(n2nc(-c3ccc(C(=O)Nc4ncccc4F)cc3)c3cncc(Cl)c32)C1. The Bertz CT molecular complexity index is 1470. The predicted octanol–water partition coefficient (Wildman–Crippen LogP) is 4.89. The van der Waals surface area contributed by atoms with E-state index in [0.29, 0.717) is 29.4 Å². The molecule has 3 aromatic heterocycles.